The van der Waals surface area contributed by atoms with Gasteiger partial charge in [-0.1, -0.05) is 11.6 Å². The molecule has 0 spiro atoms. The van der Waals surface area contributed by atoms with E-state index in [0.29, 0.717) is 4.47 Å². The van der Waals surface area contributed by atoms with Crippen LogP contribution in [0.25, 0.3) is 0 Å². The molecule has 1 fully saturated rings. The fourth-order valence-electron chi connectivity index (χ4n) is 1.84. The minimum Gasteiger partial charge on any atom is -0.344 e. The van der Waals surface area contributed by atoms with Gasteiger partial charge in [-0.2, -0.15) is 0 Å². The lowest BCUT2D eigenvalue weighted by atomic mass is 10.2. The Labute approximate surface area is 98.4 Å². The number of rotatable bonds is 1. The predicted molar refractivity (Wildman–Crippen MR) is 60.3 cm³/mol. The first-order valence-electron chi connectivity index (χ1n) is 4.87. The van der Waals surface area contributed by atoms with Gasteiger partial charge in [0.25, 0.3) is 0 Å². The lowest BCUT2D eigenvalue weighted by Crippen LogP contribution is -2.20. The fourth-order valence-corrected chi connectivity index (χ4v) is 3.13. The molecule has 0 radical (unpaired) electrons. The number of thiazole rings is 1. The van der Waals surface area contributed by atoms with Gasteiger partial charge in [0.05, 0.1) is 16.7 Å². The van der Waals surface area contributed by atoms with Gasteiger partial charge in [0.1, 0.15) is 6.10 Å². The fraction of sp³-hybridized carbons (Fsp3) is 0.700. The van der Waals surface area contributed by atoms with Crippen molar-refractivity contribution in [3.63, 3.8) is 0 Å². The second-order valence-corrected chi connectivity index (χ2v) is 5.79. The SMILES string of the molecule is Cc1nc(Cl)sc1[C@H]1OC(C)(C)O[C@@H]1C. The quantitative estimate of drug-likeness (QED) is 0.763. The molecule has 1 aliphatic heterocycles. The van der Waals surface area contributed by atoms with E-state index in [-0.39, 0.29) is 12.2 Å². The van der Waals surface area contributed by atoms with Crippen LogP contribution in [0.1, 0.15) is 37.4 Å². The van der Waals surface area contributed by atoms with Crippen molar-refractivity contribution in [1.29, 1.82) is 0 Å². The Morgan fingerprint density at radius 2 is 2.07 bits per heavy atom. The van der Waals surface area contributed by atoms with Crippen molar-refractivity contribution in [3.8, 4) is 0 Å². The Bertz CT molecular complexity index is 377. The Morgan fingerprint density at radius 3 is 2.47 bits per heavy atom. The molecule has 0 bridgehead atoms. The molecule has 3 nitrogen and oxygen atoms in total. The standard InChI is InChI=1S/C10H14ClNO2S/c1-5-8(15-9(11)12-5)7-6(2)13-10(3,4)14-7/h6-7H,1-4H3/t6-,7+/m1/s1. The first kappa shape index (κ1) is 11.3. The molecule has 1 saturated heterocycles. The first-order chi connectivity index (χ1) is 6.89. The van der Waals surface area contributed by atoms with Gasteiger partial charge in [0, 0.05) is 0 Å². The Hall–Kier alpha value is -0.160. The highest BCUT2D eigenvalue weighted by atomic mass is 35.5. The molecule has 2 heterocycles. The number of halogens is 1. The van der Waals surface area contributed by atoms with Crippen LogP contribution >= 0.6 is 22.9 Å². The zero-order chi connectivity index (χ0) is 11.2. The van der Waals surface area contributed by atoms with E-state index in [4.69, 9.17) is 21.1 Å². The van der Waals surface area contributed by atoms with Crippen molar-refractivity contribution in [3.05, 3.63) is 15.0 Å². The summed E-state index contributed by atoms with van der Waals surface area (Å²) in [6, 6.07) is 0. The minimum atomic E-state index is -0.521. The molecule has 5 heteroatoms. The summed E-state index contributed by atoms with van der Waals surface area (Å²) in [5.41, 5.74) is 0.933. The van der Waals surface area contributed by atoms with Gasteiger partial charge >= 0.3 is 0 Å². The lowest BCUT2D eigenvalue weighted by molar-refractivity contribution is -0.145. The van der Waals surface area contributed by atoms with Crippen LogP contribution in [0.4, 0.5) is 0 Å². The highest BCUT2D eigenvalue weighted by Gasteiger charge is 2.41. The van der Waals surface area contributed by atoms with Crippen molar-refractivity contribution in [1.82, 2.24) is 4.98 Å². The Morgan fingerprint density at radius 1 is 1.40 bits per heavy atom. The number of hydrogen-bond acceptors (Lipinski definition) is 4. The summed E-state index contributed by atoms with van der Waals surface area (Å²) in [4.78, 5) is 5.25. The monoisotopic (exact) mass is 247 g/mol. The molecule has 2 atom stereocenters. The number of nitrogens with zero attached hydrogens (tertiary/aromatic N) is 1. The largest absolute Gasteiger partial charge is 0.344 e. The van der Waals surface area contributed by atoms with Crippen LogP contribution in [0.5, 0.6) is 0 Å². The second kappa shape index (κ2) is 3.70. The predicted octanol–water partition coefficient (Wildman–Crippen LogP) is 3.32. The van der Waals surface area contributed by atoms with E-state index in [1.165, 1.54) is 11.3 Å². The van der Waals surface area contributed by atoms with Crippen LogP contribution in [-0.4, -0.2) is 16.9 Å². The summed E-state index contributed by atoms with van der Waals surface area (Å²) in [6.45, 7) is 7.79. The van der Waals surface area contributed by atoms with Crippen LogP contribution < -0.4 is 0 Å². The van der Waals surface area contributed by atoms with Gasteiger partial charge < -0.3 is 9.47 Å². The molecule has 0 saturated carbocycles. The first-order valence-corrected chi connectivity index (χ1v) is 6.07. The summed E-state index contributed by atoms with van der Waals surface area (Å²) in [5.74, 6) is -0.521. The van der Waals surface area contributed by atoms with Gasteiger partial charge in [0.15, 0.2) is 10.3 Å². The highest BCUT2D eigenvalue weighted by molar-refractivity contribution is 7.15. The van der Waals surface area contributed by atoms with E-state index in [0.717, 1.165) is 10.6 Å². The summed E-state index contributed by atoms with van der Waals surface area (Å²) >= 11 is 7.34. The highest BCUT2D eigenvalue weighted by Crippen LogP contribution is 2.41. The van der Waals surface area contributed by atoms with Crippen LogP contribution in [-0.2, 0) is 9.47 Å². The third-order valence-electron chi connectivity index (χ3n) is 2.37. The molecule has 2 rings (SSSR count). The number of aryl methyl sites for hydroxylation is 1. The van der Waals surface area contributed by atoms with Crippen LogP contribution in [0.15, 0.2) is 0 Å². The number of aromatic nitrogens is 1. The van der Waals surface area contributed by atoms with Crippen molar-refractivity contribution in [2.24, 2.45) is 0 Å². The van der Waals surface area contributed by atoms with E-state index in [9.17, 15) is 0 Å². The maximum absolute atomic E-state index is 5.87. The molecule has 0 aliphatic carbocycles. The Kier molecular flexibility index (Phi) is 2.79. The van der Waals surface area contributed by atoms with Crippen LogP contribution in [0.2, 0.25) is 4.47 Å². The minimum absolute atomic E-state index is 0.0372. The summed E-state index contributed by atoms with van der Waals surface area (Å²) in [5, 5.41) is 0. The number of ether oxygens (including phenoxy) is 2. The van der Waals surface area contributed by atoms with Gasteiger partial charge in [-0.25, -0.2) is 4.98 Å². The van der Waals surface area contributed by atoms with E-state index >= 15 is 0 Å². The molecule has 0 unspecified atom stereocenters. The average molecular weight is 248 g/mol. The molecular formula is C10H14ClNO2S. The molecule has 1 aromatic heterocycles. The second-order valence-electron chi connectivity index (χ2n) is 4.18. The summed E-state index contributed by atoms with van der Waals surface area (Å²) in [6.07, 6.45) is -0.0137. The van der Waals surface area contributed by atoms with Crippen molar-refractivity contribution >= 4 is 22.9 Å². The third kappa shape index (κ3) is 2.18. The van der Waals surface area contributed by atoms with Gasteiger partial charge in [-0.05, 0) is 27.7 Å². The van der Waals surface area contributed by atoms with E-state index in [1.54, 1.807) is 0 Å². The van der Waals surface area contributed by atoms with Crippen LogP contribution in [0.3, 0.4) is 0 Å². The smallest absolute Gasteiger partial charge is 0.184 e. The summed E-state index contributed by atoms with van der Waals surface area (Å²) in [7, 11) is 0. The zero-order valence-corrected chi connectivity index (χ0v) is 10.8. The molecule has 1 aliphatic rings. The molecule has 1 aromatic rings. The molecule has 0 aromatic carbocycles. The van der Waals surface area contributed by atoms with Gasteiger partial charge in [-0.15, -0.1) is 11.3 Å². The maximum atomic E-state index is 5.87. The van der Waals surface area contributed by atoms with Crippen molar-refractivity contribution < 1.29 is 9.47 Å². The molecule has 84 valence electrons. The van der Waals surface area contributed by atoms with Gasteiger partial charge in [0.2, 0.25) is 0 Å². The third-order valence-corrected chi connectivity index (χ3v) is 3.69. The van der Waals surface area contributed by atoms with Crippen molar-refractivity contribution in [2.45, 2.75) is 45.7 Å². The summed E-state index contributed by atoms with van der Waals surface area (Å²) < 4.78 is 12.1. The Balaban J connectivity index is 2.29. The van der Waals surface area contributed by atoms with E-state index in [1.807, 2.05) is 27.7 Å². The zero-order valence-electron chi connectivity index (χ0n) is 9.20. The van der Waals surface area contributed by atoms with E-state index < -0.39 is 5.79 Å². The molecule has 15 heavy (non-hydrogen) atoms. The normalized spacial score (nSPS) is 29.7. The number of hydrogen-bond donors (Lipinski definition) is 0. The molecular weight excluding hydrogens is 234 g/mol. The van der Waals surface area contributed by atoms with Gasteiger partial charge in [-0.3, -0.25) is 0 Å². The van der Waals surface area contributed by atoms with Crippen LogP contribution in [0, 0.1) is 6.92 Å². The molecule has 0 amide bonds. The van der Waals surface area contributed by atoms with E-state index in [2.05, 4.69) is 4.98 Å². The average Bonchev–Trinajstić information content (AvgIpc) is 2.52. The van der Waals surface area contributed by atoms with Crippen molar-refractivity contribution in [2.75, 3.05) is 0 Å². The maximum Gasteiger partial charge on any atom is 0.184 e. The topological polar surface area (TPSA) is 31.4 Å². The molecule has 0 N–H and O–H groups in total. The lowest BCUT2D eigenvalue weighted by Gasteiger charge is -2.16.